The van der Waals surface area contributed by atoms with Crippen molar-refractivity contribution < 1.29 is 13.5 Å². The fourth-order valence-corrected chi connectivity index (χ4v) is 1.53. The number of rotatable bonds is 6. The van der Waals surface area contributed by atoms with Crippen molar-refractivity contribution in [2.45, 2.75) is 19.4 Å². The van der Waals surface area contributed by atoms with Crippen molar-refractivity contribution in [3.63, 3.8) is 0 Å². The Hall–Kier alpha value is -1.00. The van der Waals surface area contributed by atoms with Crippen LogP contribution in [-0.2, 0) is 4.74 Å². The van der Waals surface area contributed by atoms with Crippen LogP contribution >= 0.6 is 0 Å². The molecule has 0 amide bonds. The maximum Gasteiger partial charge on any atom is 0.128 e. The molecule has 1 aromatic rings. The van der Waals surface area contributed by atoms with E-state index < -0.39 is 11.6 Å². The monoisotopic (exact) mass is 229 g/mol. The molecule has 0 heterocycles. The molecule has 0 saturated heterocycles. The van der Waals surface area contributed by atoms with Gasteiger partial charge in [-0.1, -0.05) is 6.92 Å². The summed E-state index contributed by atoms with van der Waals surface area (Å²) in [5, 5.41) is 3.12. The number of nitrogens with one attached hydrogen (secondary N) is 1. The molecule has 0 radical (unpaired) electrons. The van der Waals surface area contributed by atoms with E-state index in [4.69, 9.17) is 4.74 Å². The van der Waals surface area contributed by atoms with Gasteiger partial charge in [0, 0.05) is 12.7 Å². The maximum absolute atomic E-state index is 13.5. The molecule has 0 aliphatic rings. The molecule has 0 bridgehead atoms. The third kappa shape index (κ3) is 3.54. The summed E-state index contributed by atoms with van der Waals surface area (Å²) in [6.07, 6.45) is 0.928. The van der Waals surface area contributed by atoms with Crippen molar-refractivity contribution in [2.24, 2.45) is 0 Å². The molecule has 0 saturated carbocycles. The van der Waals surface area contributed by atoms with Crippen LogP contribution in [0, 0.1) is 11.6 Å². The third-order valence-corrected chi connectivity index (χ3v) is 2.31. The normalized spacial score (nSPS) is 12.8. The second-order valence-electron chi connectivity index (χ2n) is 3.63. The van der Waals surface area contributed by atoms with Gasteiger partial charge >= 0.3 is 0 Å². The van der Waals surface area contributed by atoms with E-state index in [0.717, 1.165) is 25.1 Å². The quantitative estimate of drug-likeness (QED) is 0.809. The average molecular weight is 229 g/mol. The van der Waals surface area contributed by atoms with Gasteiger partial charge in [0.2, 0.25) is 0 Å². The Morgan fingerprint density at radius 1 is 1.38 bits per heavy atom. The molecule has 1 atom stereocenters. The average Bonchev–Trinajstić information content (AvgIpc) is 2.28. The van der Waals surface area contributed by atoms with Crippen LogP contribution in [0.25, 0.3) is 0 Å². The van der Waals surface area contributed by atoms with E-state index in [2.05, 4.69) is 5.32 Å². The Labute approximate surface area is 94.6 Å². The highest BCUT2D eigenvalue weighted by atomic mass is 19.1. The van der Waals surface area contributed by atoms with Gasteiger partial charge in [0.1, 0.15) is 11.6 Å². The molecule has 0 spiro atoms. The highest BCUT2D eigenvalue weighted by Gasteiger charge is 2.15. The molecular weight excluding hydrogens is 212 g/mol. The molecule has 1 N–H and O–H groups in total. The van der Waals surface area contributed by atoms with Gasteiger partial charge in [0.05, 0.1) is 12.6 Å². The largest absolute Gasteiger partial charge is 0.383 e. The molecule has 0 aromatic heterocycles. The van der Waals surface area contributed by atoms with E-state index in [0.29, 0.717) is 12.2 Å². The van der Waals surface area contributed by atoms with E-state index in [9.17, 15) is 8.78 Å². The Balaban J connectivity index is 2.85. The zero-order chi connectivity index (χ0) is 12.0. The number of halogens is 2. The Kier molecular flexibility index (Phi) is 5.35. The molecular formula is C12H17F2NO. The van der Waals surface area contributed by atoms with Crippen molar-refractivity contribution >= 4 is 0 Å². The molecule has 1 rings (SSSR count). The highest BCUT2D eigenvalue weighted by molar-refractivity contribution is 5.22. The summed E-state index contributed by atoms with van der Waals surface area (Å²) in [6, 6.07) is 3.16. The summed E-state index contributed by atoms with van der Waals surface area (Å²) in [5.41, 5.74) is 0.315. The SMILES string of the molecule is CCCNC(COC)c1cc(F)ccc1F. The lowest BCUT2D eigenvalue weighted by atomic mass is 10.1. The summed E-state index contributed by atoms with van der Waals surface area (Å²) in [6.45, 7) is 3.07. The Bertz CT molecular complexity index is 331. The molecule has 16 heavy (non-hydrogen) atoms. The van der Waals surface area contributed by atoms with Crippen molar-refractivity contribution in [1.29, 1.82) is 0 Å². The standard InChI is InChI=1S/C12H17F2NO/c1-3-6-15-12(8-16-2)10-7-9(13)4-5-11(10)14/h4-5,7,12,15H,3,6,8H2,1-2H3. The Morgan fingerprint density at radius 2 is 2.12 bits per heavy atom. The van der Waals surface area contributed by atoms with Crippen molar-refractivity contribution in [3.8, 4) is 0 Å². The summed E-state index contributed by atoms with van der Waals surface area (Å²) in [5.74, 6) is -0.845. The maximum atomic E-state index is 13.5. The first-order valence-electron chi connectivity index (χ1n) is 5.36. The van der Waals surface area contributed by atoms with Crippen molar-refractivity contribution in [1.82, 2.24) is 5.32 Å². The van der Waals surface area contributed by atoms with Crippen LogP contribution in [0.5, 0.6) is 0 Å². The van der Waals surface area contributed by atoms with Gasteiger partial charge in [-0.2, -0.15) is 0 Å². The minimum atomic E-state index is -0.434. The second-order valence-corrected chi connectivity index (χ2v) is 3.63. The fourth-order valence-electron chi connectivity index (χ4n) is 1.53. The summed E-state index contributed by atoms with van der Waals surface area (Å²) in [4.78, 5) is 0. The van der Waals surface area contributed by atoms with Gasteiger partial charge in [-0.05, 0) is 31.2 Å². The molecule has 0 aliphatic carbocycles. The topological polar surface area (TPSA) is 21.3 Å². The first-order valence-corrected chi connectivity index (χ1v) is 5.36. The molecule has 90 valence electrons. The van der Waals surface area contributed by atoms with Crippen LogP contribution in [0.15, 0.2) is 18.2 Å². The van der Waals surface area contributed by atoms with Gasteiger partial charge in [-0.25, -0.2) is 8.78 Å². The van der Waals surface area contributed by atoms with Crippen molar-refractivity contribution in [2.75, 3.05) is 20.3 Å². The van der Waals surface area contributed by atoms with Gasteiger partial charge in [-0.3, -0.25) is 0 Å². The summed E-state index contributed by atoms with van der Waals surface area (Å²) >= 11 is 0. The van der Waals surface area contributed by atoms with Crippen molar-refractivity contribution in [3.05, 3.63) is 35.4 Å². The van der Waals surface area contributed by atoms with Crippen LogP contribution in [0.3, 0.4) is 0 Å². The lowest BCUT2D eigenvalue weighted by Gasteiger charge is -2.18. The molecule has 1 unspecified atom stereocenters. The fraction of sp³-hybridized carbons (Fsp3) is 0.500. The molecule has 2 nitrogen and oxygen atoms in total. The smallest absolute Gasteiger partial charge is 0.128 e. The molecule has 0 fully saturated rings. The first kappa shape index (κ1) is 13.1. The van der Waals surface area contributed by atoms with Crippen LogP contribution in [0.4, 0.5) is 8.78 Å². The number of hydrogen-bond acceptors (Lipinski definition) is 2. The van der Waals surface area contributed by atoms with Gasteiger partial charge < -0.3 is 10.1 Å². The zero-order valence-corrected chi connectivity index (χ0v) is 9.59. The van der Waals surface area contributed by atoms with E-state index in [1.54, 1.807) is 0 Å². The number of methoxy groups -OCH3 is 1. The molecule has 0 aliphatic heterocycles. The van der Waals surface area contributed by atoms with E-state index >= 15 is 0 Å². The predicted octanol–water partition coefficient (Wildman–Crippen LogP) is 2.65. The first-order chi connectivity index (χ1) is 7.69. The number of benzene rings is 1. The van der Waals surface area contributed by atoms with Gasteiger partial charge in [0.15, 0.2) is 0 Å². The lowest BCUT2D eigenvalue weighted by molar-refractivity contribution is 0.165. The predicted molar refractivity (Wildman–Crippen MR) is 59.3 cm³/mol. The zero-order valence-electron chi connectivity index (χ0n) is 9.59. The van der Waals surface area contributed by atoms with Crippen LogP contribution in [-0.4, -0.2) is 20.3 Å². The van der Waals surface area contributed by atoms with Gasteiger partial charge in [0.25, 0.3) is 0 Å². The van der Waals surface area contributed by atoms with E-state index in [-0.39, 0.29) is 6.04 Å². The number of hydrogen-bond donors (Lipinski definition) is 1. The summed E-state index contributed by atoms with van der Waals surface area (Å²) in [7, 11) is 1.54. The highest BCUT2D eigenvalue weighted by Crippen LogP contribution is 2.18. The van der Waals surface area contributed by atoms with Crippen LogP contribution in [0.1, 0.15) is 24.9 Å². The summed E-state index contributed by atoms with van der Waals surface area (Å²) < 4.78 is 31.5. The van der Waals surface area contributed by atoms with Crippen LogP contribution < -0.4 is 5.32 Å². The minimum absolute atomic E-state index is 0.305. The lowest BCUT2D eigenvalue weighted by Crippen LogP contribution is -2.26. The Morgan fingerprint density at radius 3 is 2.75 bits per heavy atom. The molecule has 1 aromatic carbocycles. The van der Waals surface area contributed by atoms with Gasteiger partial charge in [-0.15, -0.1) is 0 Å². The van der Waals surface area contributed by atoms with Crippen LogP contribution in [0.2, 0.25) is 0 Å². The van der Waals surface area contributed by atoms with E-state index in [1.807, 2.05) is 6.92 Å². The molecule has 4 heteroatoms. The minimum Gasteiger partial charge on any atom is -0.383 e. The number of ether oxygens (including phenoxy) is 1. The third-order valence-electron chi connectivity index (χ3n) is 2.31. The van der Waals surface area contributed by atoms with E-state index in [1.165, 1.54) is 13.2 Å². The second kappa shape index (κ2) is 6.55.